The van der Waals surface area contributed by atoms with E-state index in [0.29, 0.717) is 13.0 Å². The molecule has 4 rings (SSSR count). The number of aryl methyl sites for hydroxylation is 3. The largest absolute Gasteiger partial charge is 0.328 e. The van der Waals surface area contributed by atoms with Gasteiger partial charge in [0.25, 0.3) is 0 Å². The predicted octanol–water partition coefficient (Wildman–Crippen LogP) is 3.10. The average Bonchev–Trinajstić information content (AvgIpc) is 2.90. The summed E-state index contributed by atoms with van der Waals surface area (Å²) in [7, 11) is 1.77. The van der Waals surface area contributed by atoms with E-state index >= 15 is 0 Å². The number of imidazole rings is 1. The zero-order valence-electron chi connectivity index (χ0n) is 15.2. The molecule has 2 heterocycles. The molecule has 1 aliphatic rings. The van der Waals surface area contributed by atoms with Gasteiger partial charge in [-0.25, -0.2) is 4.79 Å². The van der Waals surface area contributed by atoms with Crippen molar-refractivity contribution in [1.82, 2.24) is 9.13 Å². The van der Waals surface area contributed by atoms with Crippen molar-refractivity contribution in [2.24, 2.45) is 7.05 Å². The van der Waals surface area contributed by atoms with E-state index in [0.717, 1.165) is 29.6 Å². The van der Waals surface area contributed by atoms with Gasteiger partial charge in [-0.1, -0.05) is 30.3 Å². The van der Waals surface area contributed by atoms with Crippen molar-refractivity contribution >= 4 is 22.6 Å². The van der Waals surface area contributed by atoms with Crippen LogP contribution in [0.25, 0.3) is 11.0 Å². The number of anilines is 1. The second-order valence-electron chi connectivity index (χ2n) is 7.01. The highest BCUT2D eigenvalue weighted by Crippen LogP contribution is 2.31. The zero-order valence-corrected chi connectivity index (χ0v) is 15.2. The molecule has 26 heavy (non-hydrogen) atoms. The summed E-state index contributed by atoms with van der Waals surface area (Å²) in [4.78, 5) is 27.5. The van der Waals surface area contributed by atoms with E-state index in [4.69, 9.17) is 0 Å². The van der Waals surface area contributed by atoms with Gasteiger partial charge < -0.3 is 4.90 Å². The third kappa shape index (κ3) is 2.64. The lowest BCUT2D eigenvalue weighted by Crippen LogP contribution is -2.42. The van der Waals surface area contributed by atoms with Gasteiger partial charge in [-0.3, -0.25) is 13.9 Å². The summed E-state index contributed by atoms with van der Waals surface area (Å²) in [6, 6.07) is 16.0. The fraction of sp³-hybridized carbons (Fsp3) is 0.333. The maximum absolute atomic E-state index is 13.0. The van der Waals surface area contributed by atoms with Gasteiger partial charge in [0.1, 0.15) is 0 Å². The Morgan fingerprint density at radius 2 is 1.77 bits per heavy atom. The number of para-hydroxylation sites is 3. The minimum Gasteiger partial charge on any atom is -0.309 e. The van der Waals surface area contributed by atoms with Crippen molar-refractivity contribution in [3.05, 3.63) is 64.6 Å². The number of carbonyl (C=O) groups is 1. The van der Waals surface area contributed by atoms with Crippen LogP contribution in [-0.2, 0) is 24.8 Å². The number of amides is 1. The summed E-state index contributed by atoms with van der Waals surface area (Å²) in [5.41, 5.74) is 3.93. The Labute approximate surface area is 152 Å². The molecule has 0 saturated carbocycles. The molecule has 0 spiro atoms. The van der Waals surface area contributed by atoms with E-state index in [9.17, 15) is 9.59 Å². The smallest absolute Gasteiger partial charge is 0.309 e. The molecule has 1 aromatic heterocycles. The predicted molar refractivity (Wildman–Crippen MR) is 104 cm³/mol. The van der Waals surface area contributed by atoms with Crippen molar-refractivity contribution < 1.29 is 4.79 Å². The maximum Gasteiger partial charge on any atom is 0.328 e. The highest BCUT2D eigenvalue weighted by atomic mass is 16.2. The number of benzene rings is 2. The van der Waals surface area contributed by atoms with Gasteiger partial charge in [-0.05, 0) is 43.5 Å². The molecule has 0 bridgehead atoms. The summed E-state index contributed by atoms with van der Waals surface area (Å²) in [5, 5.41) is 0. The lowest BCUT2D eigenvalue weighted by atomic mass is 9.96. The number of aromatic nitrogens is 2. The van der Waals surface area contributed by atoms with Gasteiger partial charge in [0.05, 0.1) is 11.0 Å². The third-order valence-electron chi connectivity index (χ3n) is 5.39. The van der Waals surface area contributed by atoms with Crippen molar-refractivity contribution in [2.75, 3.05) is 4.90 Å². The molecule has 134 valence electrons. The normalized spacial score (nSPS) is 16.7. The van der Waals surface area contributed by atoms with Crippen LogP contribution in [0.3, 0.4) is 0 Å². The summed E-state index contributed by atoms with van der Waals surface area (Å²) in [6.45, 7) is 2.49. The van der Waals surface area contributed by atoms with Gasteiger partial charge in [-0.15, -0.1) is 0 Å². The molecule has 1 amide bonds. The fourth-order valence-electron chi connectivity index (χ4n) is 3.98. The molecule has 5 nitrogen and oxygen atoms in total. The Morgan fingerprint density at radius 3 is 2.58 bits per heavy atom. The first-order chi connectivity index (χ1) is 12.6. The molecule has 1 aliphatic heterocycles. The van der Waals surface area contributed by atoms with Crippen LogP contribution < -0.4 is 10.6 Å². The highest BCUT2D eigenvalue weighted by Gasteiger charge is 2.27. The van der Waals surface area contributed by atoms with Crippen LogP contribution in [0.5, 0.6) is 0 Å². The van der Waals surface area contributed by atoms with Gasteiger partial charge >= 0.3 is 5.69 Å². The van der Waals surface area contributed by atoms with Crippen LogP contribution in [-0.4, -0.2) is 21.1 Å². The first kappa shape index (κ1) is 16.6. The lowest BCUT2D eigenvalue weighted by Gasteiger charge is -2.35. The summed E-state index contributed by atoms with van der Waals surface area (Å²) in [6.07, 6.45) is 2.29. The Kier molecular flexibility index (Phi) is 4.15. The topological polar surface area (TPSA) is 47.2 Å². The van der Waals surface area contributed by atoms with Crippen molar-refractivity contribution in [3.8, 4) is 0 Å². The van der Waals surface area contributed by atoms with E-state index in [-0.39, 0.29) is 17.6 Å². The van der Waals surface area contributed by atoms with Crippen LogP contribution >= 0.6 is 0 Å². The summed E-state index contributed by atoms with van der Waals surface area (Å²) < 4.78 is 3.34. The fourth-order valence-corrected chi connectivity index (χ4v) is 3.98. The summed E-state index contributed by atoms with van der Waals surface area (Å²) >= 11 is 0. The Bertz CT molecular complexity index is 1030. The number of carbonyl (C=O) groups excluding carboxylic acids is 1. The van der Waals surface area contributed by atoms with E-state index < -0.39 is 0 Å². The molecule has 1 unspecified atom stereocenters. The maximum atomic E-state index is 13.0. The number of hydrogen-bond donors (Lipinski definition) is 0. The Balaban J connectivity index is 1.61. The molecule has 3 aromatic rings. The molecular weight excluding hydrogens is 326 g/mol. The van der Waals surface area contributed by atoms with Gasteiger partial charge in [0, 0.05) is 31.7 Å². The van der Waals surface area contributed by atoms with Gasteiger partial charge in [0.2, 0.25) is 5.91 Å². The number of nitrogens with zero attached hydrogens (tertiary/aromatic N) is 3. The number of rotatable bonds is 3. The third-order valence-corrected chi connectivity index (χ3v) is 5.39. The van der Waals surface area contributed by atoms with E-state index in [1.807, 2.05) is 47.4 Å². The Morgan fingerprint density at radius 1 is 1.08 bits per heavy atom. The van der Waals surface area contributed by atoms with Crippen molar-refractivity contribution in [1.29, 1.82) is 0 Å². The molecule has 0 radical (unpaired) electrons. The molecular formula is C21H23N3O2. The van der Waals surface area contributed by atoms with Crippen LogP contribution in [0.15, 0.2) is 53.3 Å². The lowest BCUT2D eigenvalue weighted by molar-refractivity contribution is -0.119. The molecule has 0 N–H and O–H groups in total. The minimum atomic E-state index is -0.0777. The van der Waals surface area contributed by atoms with Crippen molar-refractivity contribution in [3.63, 3.8) is 0 Å². The van der Waals surface area contributed by atoms with Gasteiger partial charge in [0.15, 0.2) is 0 Å². The molecule has 0 saturated heterocycles. The molecule has 1 atom stereocenters. The first-order valence-corrected chi connectivity index (χ1v) is 9.12. The zero-order chi connectivity index (χ0) is 18.3. The number of hydrogen-bond acceptors (Lipinski definition) is 2. The van der Waals surface area contributed by atoms with Crippen LogP contribution in [0, 0.1) is 0 Å². The minimum absolute atomic E-state index is 0.0736. The van der Waals surface area contributed by atoms with Crippen LogP contribution in [0.1, 0.15) is 25.3 Å². The second-order valence-corrected chi connectivity index (χ2v) is 7.01. The summed E-state index contributed by atoms with van der Waals surface area (Å²) in [5.74, 6) is 0.0736. The van der Waals surface area contributed by atoms with Crippen LogP contribution in [0.2, 0.25) is 0 Å². The van der Waals surface area contributed by atoms with E-state index in [1.165, 1.54) is 5.56 Å². The first-order valence-electron chi connectivity index (χ1n) is 9.12. The highest BCUT2D eigenvalue weighted by molar-refractivity contribution is 5.95. The Hall–Kier alpha value is -2.82. The second kappa shape index (κ2) is 6.48. The van der Waals surface area contributed by atoms with Crippen molar-refractivity contribution in [2.45, 2.75) is 38.8 Å². The molecule has 2 aromatic carbocycles. The van der Waals surface area contributed by atoms with Crippen LogP contribution in [0.4, 0.5) is 5.69 Å². The molecule has 0 aliphatic carbocycles. The number of fused-ring (bicyclic) bond motifs is 2. The van der Waals surface area contributed by atoms with E-state index in [2.05, 4.69) is 13.0 Å². The van der Waals surface area contributed by atoms with Gasteiger partial charge in [-0.2, -0.15) is 0 Å². The standard InChI is InChI=1S/C21H23N3O2/c1-15-11-12-16-7-3-4-8-17(16)24(15)20(25)13-14-23-19-10-6-5-9-18(19)22(2)21(23)26/h3-10,15H,11-14H2,1-2H3. The quantitative estimate of drug-likeness (QED) is 0.729. The van der Waals surface area contributed by atoms with E-state index in [1.54, 1.807) is 16.2 Å². The average molecular weight is 349 g/mol. The SMILES string of the molecule is CC1CCc2ccccc2N1C(=O)CCn1c(=O)n(C)c2ccccc21. The molecule has 0 fully saturated rings. The molecule has 5 heteroatoms. The monoisotopic (exact) mass is 349 g/mol.